The van der Waals surface area contributed by atoms with Gasteiger partial charge in [-0.25, -0.2) is 8.42 Å². The van der Waals surface area contributed by atoms with Crippen LogP contribution in [0.3, 0.4) is 0 Å². The minimum Gasteiger partial charge on any atom is -0.457 e. The van der Waals surface area contributed by atoms with Crippen LogP contribution in [0.5, 0.6) is 11.5 Å². The third-order valence-corrected chi connectivity index (χ3v) is 7.97. The Labute approximate surface area is 189 Å². The summed E-state index contributed by atoms with van der Waals surface area (Å²) >= 11 is 0. The van der Waals surface area contributed by atoms with E-state index in [1.807, 2.05) is 12.1 Å². The molecular formula is C23H20F3N3O3S. The largest absolute Gasteiger partial charge is 0.457 e. The number of fused-ring (bicyclic) bond motifs is 2. The summed E-state index contributed by atoms with van der Waals surface area (Å²) in [5.41, 5.74) is -1.04. The van der Waals surface area contributed by atoms with Gasteiger partial charge < -0.3 is 9.64 Å². The predicted octanol–water partition coefficient (Wildman–Crippen LogP) is 4.61. The second-order valence-electron chi connectivity index (χ2n) is 8.65. The molecule has 0 amide bonds. The number of rotatable bonds is 3. The van der Waals surface area contributed by atoms with Crippen LogP contribution in [0.15, 0.2) is 46.9 Å². The summed E-state index contributed by atoms with van der Waals surface area (Å²) in [6.07, 6.45) is -1.05. The number of ether oxygens (including phenoxy) is 1. The van der Waals surface area contributed by atoms with Gasteiger partial charge in [0.15, 0.2) is 0 Å². The van der Waals surface area contributed by atoms with Crippen molar-refractivity contribution in [3.63, 3.8) is 0 Å². The first-order chi connectivity index (χ1) is 15.6. The number of benzene rings is 2. The number of alkyl halides is 3. The highest BCUT2D eigenvalue weighted by Gasteiger charge is 2.52. The van der Waals surface area contributed by atoms with E-state index in [9.17, 15) is 21.6 Å². The lowest BCUT2D eigenvalue weighted by Gasteiger charge is -2.55. The zero-order chi connectivity index (χ0) is 23.4. The van der Waals surface area contributed by atoms with Crippen LogP contribution in [0.2, 0.25) is 0 Å². The van der Waals surface area contributed by atoms with E-state index >= 15 is 0 Å². The van der Waals surface area contributed by atoms with Crippen molar-refractivity contribution in [2.75, 3.05) is 12.3 Å². The summed E-state index contributed by atoms with van der Waals surface area (Å²) < 4.78 is 73.3. The molecule has 3 fully saturated rings. The maximum absolute atomic E-state index is 13.0. The zero-order valence-corrected chi connectivity index (χ0v) is 18.3. The Morgan fingerprint density at radius 2 is 1.76 bits per heavy atom. The summed E-state index contributed by atoms with van der Waals surface area (Å²) in [4.78, 5) is 2.14. The molecule has 172 valence electrons. The van der Waals surface area contributed by atoms with Gasteiger partial charge in [-0.15, -0.1) is 4.40 Å². The van der Waals surface area contributed by atoms with Crippen LogP contribution in [0.4, 0.5) is 13.2 Å². The van der Waals surface area contributed by atoms with Gasteiger partial charge in [-0.3, -0.25) is 0 Å². The average Bonchev–Trinajstić information content (AvgIpc) is 2.78. The smallest absolute Gasteiger partial charge is 0.417 e. The van der Waals surface area contributed by atoms with Crippen molar-refractivity contribution in [2.24, 2.45) is 4.40 Å². The van der Waals surface area contributed by atoms with E-state index in [1.165, 1.54) is 6.07 Å². The molecule has 6 rings (SSSR count). The molecule has 2 bridgehead atoms. The lowest BCUT2D eigenvalue weighted by molar-refractivity contribution is -0.137. The quantitative estimate of drug-likeness (QED) is 0.648. The van der Waals surface area contributed by atoms with Gasteiger partial charge in [0.2, 0.25) is 0 Å². The molecule has 0 atom stereocenters. The Morgan fingerprint density at radius 3 is 2.39 bits per heavy atom. The first-order valence-electron chi connectivity index (χ1n) is 10.6. The first-order valence-corrected chi connectivity index (χ1v) is 12.2. The zero-order valence-electron chi connectivity index (χ0n) is 17.5. The highest BCUT2D eigenvalue weighted by atomic mass is 32.2. The number of amidine groups is 1. The third-order valence-electron chi connectivity index (χ3n) is 6.82. The van der Waals surface area contributed by atoms with Crippen molar-refractivity contribution >= 4 is 15.9 Å². The van der Waals surface area contributed by atoms with Crippen LogP contribution >= 0.6 is 0 Å². The van der Waals surface area contributed by atoms with E-state index in [1.54, 1.807) is 18.2 Å². The maximum Gasteiger partial charge on any atom is 0.417 e. The maximum atomic E-state index is 13.0. The monoisotopic (exact) mass is 475 g/mol. The number of hydrogen-bond donors (Lipinski definition) is 0. The molecule has 0 spiro atoms. The van der Waals surface area contributed by atoms with Gasteiger partial charge in [0, 0.05) is 12.6 Å². The number of nitriles is 1. The Bertz CT molecular complexity index is 1270. The Balaban J connectivity index is 1.44. The Morgan fingerprint density at radius 1 is 1.09 bits per heavy atom. The van der Waals surface area contributed by atoms with Gasteiger partial charge >= 0.3 is 6.18 Å². The van der Waals surface area contributed by atoms with Crippen LogP contribution in [0.1, 0.15) is 42.4 Å². The Kier molecular flexibility index (Phi) is 4.94. The lowest BCUT2D eigenvalue weighted by atomic mass is 9.63. The van der Waals surface area contributed by atoms with Crippen LogP contribution in [-0.4, -0.2) is 37.5 Å². The standard InChI is InChI=1S/C23H20F3N3O3S/c24-23(25,26)20-6-5-19(13-15(20)14-27)32-18-3-1-16(2-4-18)22-9-7-17(8-10-22)29-11-12-33(30,31)28-21(22)29/h1-6,13,17H,7-12H2. The molecule has 3 heterocycles. The van der Waals surface area contributed by atoms with Crippen LogP contribution in [-0.2, 0) is 21.6 Å². The molecule has 4 aliphatic rings. The second-order valence-corrected chi connectivity index (χ2v) is 10.4. The van der Waals surface area contributed by atoms with Gasteiger partial charge in [0.25, 0.3) is 10.0 Å². The molecule has 0 radical (unpaired) electrons. The van der Waals surface area contributed by atoms with Crippen LogP contribution < -0.4 is 4.74 Å². The van der Waals surface area contributed by atoms with Crippen molar-refractivity contribution in [2.45, 2.75) is 43.3 Å². The van der Waals surface area contributed by atoms with Crippen molar-refractivity contribution in [1.29, 1.82) is 5.26 Å². The topological polar surface area (TPSA) is 82.8 Å². The molecule has 33 heavy (non-hydrogen) atoms. The minimum absolute atomic E-state index is 0.0354. The van der Waals surface area contributed by atoms with Crippen LogP contribution in [0, 0.1) is 11.3 Å². The molecule has 0 aromatic heterocycles. The molecule has 2 aromatic rings. The summed E-state index contributed by atoms with van der Waals surface area (Å²) in [5, 5.41) is 9.08. The van der Waals surface area contributed by atoms with E-state index in [4.69, 9.17) is 10.00 Å². The van der Waals surface area contributed by atoms with Gasteiger partial charge in [-0.05, 0) is 61.6 Å². The van der Waals surface area contributed by atoms with E-state index in [2.05, 4.69) is 9.30 Å². The van der Waals surface area contributed by atoms with E-state index in [0.29, 0.717) is 24.2 Å². The molecule has 0 unspecified atom stereocenters. The third kappa shape index (κ3) is 3.74. The lowest BCUT2D eigenvalue weighted by Crippen LogP contribution is -2.62. The molecule has 0 N–H and O–H groups in total. The molecule has 2 saturated heterocycles. The Hall–Kier alpha value is -3.06. The summed E-state index contributed by atoms with van der Waals surface area (Å²) in [6.45, 7) is 0.462. The predicted molar refractivity (Wildman–Crippen MR) is 115 cm³/mol. The molecule has 1 saturated carbocycles. The van der Waals surface area contributed by atoms with E-state index in [-0.39, 0.29) is 11.5 Å². The fourth-order valence-corrected chi connectivity index (χ4v) is 6.28. The number of sulfonamides is 1. The molecule has 2 aromatic carbocycles. The van der Waals surface area contributed by atoms with Gasteiger partial charge in [0.1, 0.15) is 17.3 Å². The highest BCUT2D eigenvalue weighted by Crippen LogP contribution is 2.49. The molecular weight excluding hydrogens is 455 g/mol. The normalized spacial score (nSPS) is 25.7. The fourth-order valence-electron chi connectivity index (χ4n) is 5.22. The van der Waals surface area contributed by atoms with E-state index in [0.717, 1.165) is 43.4 Å². The number of piperidine rings is 2. The average molecular weight is 475 g/mol. The number of hydrogen-bond acceptors (Lipinski definition) is 5. The fraction of sp³-hybridized carbons (Fsp3) is 0.391. The first kappa shape index (κ1) is 21.8. The van der Waals surface area contributed by atoms with Gasteiger partial charge in [-0.1, -0.05) is 12.1 Å². The summed E-state index contributed by atoms with van der Waals surface area (Å²) in [5.74, 6) is 1.19. The second kappa shape index (κ2) is 7.48. The SMILES string of the molecule is N#Cc1cc(Oc2ccc(C34CCC(CC3)N3CCS(=O)(=O)N=C34)cc2)ccc1C(F)(F)F. The molecule has 10 heteroatoms. The number of nitrogens with zero attached hydrogens (tertiary/aromatic N) is 3. The molecule has 3 aliphatic heterocycles. The van der Waals surface area contributed by atoms with Crippen molar-refractivity contribution in [1.82, 2.24) is 4.90 Å². The minimum atomic E-state index is -4.62. The van der Waals surface area contributed by atoms with Crippen molar-refractivity contribution in [3.05, 3.63) is 59.2 Å². The summed E-state index contributed by atoms with van der Waals surface area (Å²) in [6, 6.07) is 12.1. The van der Waals surface area contributed by atoms with Crippen molar-refractivity contribution < 1.29 is 26.3 Å². The van der Waals surface area contributed by atoms with Gasteiger partial charge in [0.05, 0.1) is 28.4 Å². The number of halogens is 3. The van der Waals surface area contributed by atoms with E-state index < -0.39 is 32.7 Å². The molecule has 6 nitrogen and oxygen atoms in total. The van der Waals surface area contributed by atoms with Crippen LogP contribution in [0.25, 0.3) is 0 Å². The van der Waals surface area contributed by atoms with Gasteiger partial charge in [-0.2, -0.15) is 18.4 Å². The van der Waals surface area contributed by atoms with Crippen molar-refractivity contribution in [3.8, 4) is 17.6 Å². The molecule has 1 aliphatic carbocycles. The summed E-state index contributed by atoms with van der Waals surface area (Å²) in [7, 11) is -3.48. The highest BCUT2D eigenvalue weighted by molar-refractivity contribution is 7.90.